The average molecular weight is 291 g/mol. The molecule has 0 fully saturated rings. The number of unbranched alkanes of at least 4 members (excludes halogenated alkanes) is 4. The second-order valence-corrected chi connectivity index (χ2v) is 10.4. The molecule has 0 aromatic carbocycles. The van der Waals surface area contributed by atoms with Gasteiger partial charge in [-0.05, 0) is 38.0 Å². The topological polar surface area (TPSA) is 18.5 Å². The fourth-order valence-electron chi connectivity index (χ4n) is 1.91. The highest BCUT2D eigenvalue weighted by Gasteiger charge is 2.10. The summed E-state index contributed by atoms with van der Waals surface area (Å²) in [5.74, 6) is 0. The van der Waals surface area contributed by atoms with Gasteiger partial charge in [-0.3, -0.25) is 0 Å². The van der Waals surface area contributed by atoms with Crippen LogP contribution in [0.1, 0.15) is 52.4 Å². The van der Waals surface area contributed by atoms with Gasteiger partial charge < -0.3 is 8.85 Å². The van der Waals surface area contributed by atoms with E-state index in [1.165, 1.54) is 50.6 Å². The van der Waals surface area contributed by atoms with Crippen LogP contribution in [0.25, 0.3) is 0 Å². The predicted molar refractivity (Wildman–Crippen MR) is 86.6 cm³/mol. The van der Waals surface area contributed by atoms with Gasteiger partial charge in [0.25, 0.3) is 0 Å². The van der Waals surface area contributed by atoms with Gasteiger partial charge in [-0.2, -0.15) is 0 Å². The Morgan fingerprint density at radius 1 is 0.667 bits per heavy atom. The summed E-state index contributed by atoms with van der Waals surface area (Å²) in [7, 11) is -1.79. The van der Waals surface area contributed by atoms with Crippen LogP contribution in [0, 0.1) is 0 Å². The predicted octanol–water partition coefficient (Wildman–Crippen LogP) is 4.11. The second kappa shape index (κ2) is 13.8. The Labute approximate surface area is 118 Å². The van der Waals surface area contributed by atoms with Crippen molar-refractivity contribution in [1.82, 2.24) is 0 Å². The maximum absolute atomic E-state index is 5.94. The van der Waals surface area contributed by atoms with E-state index in [2.05, 4.69) is 26.9 Å². The molecule has 0 aliphatic heterocycles. The SMILES string of the molecule is CCCCCO[SiH](C)CC[SiH](C)OCCCCC. The van der Waals surface area contributed by atoms with Gasteiger partial charge in [0, 0.05) is 13.2 Å². The van der Waals surface area contributed by atoms with Crippen molar-refractivity contribution in [1.29, 1.82) is 0 Å². The Balaban J connectivity index is 3.32. The van der Waals surface area contributed by atoms with Crippen molar-refractivity contribution in [3.8, 4) is 0 Å². The highest BCUT2D eigenvalue weighted by atomic mass is 28.3. The molecule has 0 bridgehead atoms. The molecule has 0 amide bonds. The Morgan fingerprint density at radius 2 is 1.06 bits per heavy atom. The molecule has 0 aromatic rings. The van der Waals surface area contributed by atoms with Crippen LogP contribution in [0.15, 0.2) is 0 Å². The molecule has 0 heterocycles. The molecule has 0 aliphatic carbocycles. The lowest BCUT2D eigenvalue weighted by Crippen LogP contribution is -2.20. The molecule has 2 unspecified atom stereocenters. The van der Waals surface area contributed by atoms with Gasteiger partial charge in [0.2, 0.25) is 0 Å². The molecule has 0 radical (unpaired) electrons. The van der Waals surface area contributed by atoms with Crippen LogP contribution in [0.5, 0.6) is 0 Å². The third kappa shape index (κ3) is 12.8. The molecule has 2 atom stereocenters. The van der Waals surface area contributed by atoms with Gasteiger partial charge in [0.15, 0.2) is 18.1 Å². The van der Waals surface area contributed by atoms with E-state index in [1.807, 2.05) is 0 Å². The van der Waals surface area contributed by atoms with Gasteiger partial charge in [-0.1, -0.05) is 39.5 Å². The Bertz CT molecular complexity index is 150. The van der Waals surface area contributed by atoms with E-state index in [9.17, 15) is 0 Å². The number of hydrogen-bond donors (Lipinski definition) is 0. The zero-order valence-corrected chi connectivity index (χ0v) is 15.4. The van der Waals surface area contributed by atoms with Gasteiger partial charge >= 0.3 is 0 Å². The van der Waals surface area contributed by atoms with E-state index in [1.54, 1.807) is 0 Å². The molecule has 0 N–H and O–H groups in total. The summed E-state index contributed by atoms with van der Waals surface area (Å²) < 4.78 is 11.9. The lowest BCUT2D eigenvalue weighted by atomic mass is 10.3. The van der Waals surface area contributed by atoms with Crippen molar-refractivity contribution < 1.29 is 8.85 Å². The van der Waals surface area contributed by atoms with Gasteiger partial charge in [0.1, 0.15) is 0 Å². The molecule has 110 valence electrons. The van der Waals surface area contributed by atoms with E-state index in [0.717, 1.165) is 13.2 Å². The van der Waals surface area contributed by atoms with Crippen LogP contribution < -0.4 is 0 Å². The molecule has 0 spiro atoms. The molecule has 0 saturated heterocycles. The first-order chi connectivity index (χ1) is 8.70. The molecule has 0 saturated carbocycles. The van der Waals surface area contributed by atoms with Gasteiger partial charge in [0.05, 0.1) is 0 Å². The number of rotatable bonds is 13. The number of hydrogen-bond acceptors (Lipinski definition) is 2. The van der Waals surface area contributed by atoms with Crippen LogP contribution in [0.3, 0.4) is 0 Å². The normalized spacial score (nSPS) is 14.7. The molecule has 18 heavy (non-hydrogen) atoms. The Hall–Kier alpha value is 0.354. The quantitative estimate of drug-likeness (QED) is 0.375. The van der Waals surface area contributed by atoms with Crippen molar-refractivity contribution in [3.63, 3.8) is 0 Å². The van der Waals surface area contributed by atoms with E-state index < -0.39 is 18.1 Å². The summed E-state index contributed by atoms with van der Waals surface area (Å²) in [6.45, 7) is 11.1. The molecular weight excluding hydrogens is 256 g/mol. The summed E-state index contributed by atoms with van der Waals surface area (Å²) in [5, 5.41) is 0. The van der Waals surface area contributed by atoms with Crippen molar-refractivity contribution in [2.45, 2.75) is 77.6 Å². The minimum Gasteiger partial charge on any atom is -0.420 e. The van der Waals surface area contributed by atoms with Crippen LogP contribution in [-0.2, 0) is 8.85 Å². The zero-order chi connectivity index (χ0) is 13.6. The largest absolute Gasteiger partial charge is 0.420 e. The third-order valence-electron chi connectivity index (χ3n) is 3.28. The fraction of sp³-hybridized carbons (Fsp3) is 1.00. The van der Waals surface area contributed by atoms with E-state index in [0.29, 0.717) is 0 Å². The van der Waals surface area contributed by atoms with Crippen LogP contribution >= 0.6 is 0 Å². The van der Waals surface area contributed by atoms with Crippen molar-refractivity contribution in [3.05, 3.63) is 0 Å². The van der Waals surface area contributed by atoms with Crippen molar-refractivity contribution in [2.75, 3.05) is 13.2 Å². The van der Waals surface area contributed by atoms with E-state index >= 15 is 0 Å². The minimum atomic E-state index is -0.893. The molecule has 2 nitrogen and oxygen atoms in total. The van der Waals surface area contributed by atoms with Gasteiger partial charge in [-0.15, -0.1) is 0 Å². The van der Waals surface area contributed by atoms with E-state index in [4.69, 9.17) is 8.85 Å². The second-order valence-electron chi connectivity index (χ2n) is 5.35. The highest BCUT2D eigenvalue weighted by Crippen LogP contribution is 2.07. The zero-order valence-electron chi connectivity index (χ0n) is 13.0. The molecule has 0 aliphatic rings. The summed E-state index contributed by atoms with van der Waals surface area (Å²) in [6.07, 6.45) is 7.69. The first-order valence-corrected chi connectivity index (χ1v) is 12.8. The summed E-state index contributed by atoms with van der Waals surface area (Å²) in [5.41, 5.74) is 0. The lowest BCUT2D eigenvalue weighted by molar-refractivity contribution is 0.304. The standard InChI is InChI=1S/C14H34O2Si2/c1-5-7-9-11-15-17(3)13-14-18(4)16-12-10-8-6-2/h17-18H,5-14H2,1-4H3. The molecule has 0 rings (SSSR count). The fourth-order valence-corrected chi connectivity index (χ4v) is 7.14. The summed E-state index contributed by atoms with van der Waals surface area (Å²) in [4.78, 5) is 0. The molecular formula is C14H34O2Si2. The van der Waals surface area contributed by atoms with Gasteiger partial charge in [-0.25, -0.2) is 0 Å². The first-order valence-electron chi connectivity index (χ1n) is 7.93. The van der Waals surface area contributed by atoms with Crippen molar-refractivity contribution >= 4 is 18.1 Å². The van der Waals surface area contributed by atoms with Crippen LogP contribution in [0.4, 0.5) is 0 Å². The summed E-state index contributed by atoms with van der Waals surface area (Å²) in [6, 6.07) is 2.63. The smallest absolute Gasteiger partial charge is 0.173 e. The minimum absolute atomic E-state index is 0.893. The van der Waals surface area contributed by atoms with Crippen LogP contribution in [0.2, 0.25) is 25.2 Å². The highest BCUT2D eigenvalue weighted by molar-refractivity contribution is 6.56. The first kappa shape index (κ1) is 18.4. The Morgan fingerprint density at radius 3 is 1.39 bits per heavy atom. The van der Waals surface area contributed by atoms with E-state index in [-0.39, 0.29) is 0 Å². The monoisotopic (exact) mass is 290 g/mol. The van der Waals surface area contributed by atoms with Crippen LogP contribution in [-0.4, -0.2) is 31.3 Å². The van der Waals surface area contributed by atoms with Crippen molar-refractivity contribution in [2.24, 2.45) is 0 Å². The maximum atomic E-state index is 5.94. The third-order valence-corrected chi connectivity index (χ3v) is 7.85. The Kier molecular flexibility index (Phi) is 14.0. The lowest BCUT2D eigenvalue weighted by Gasteiger charge is -2.15. The maximum Gasteiger partial charge on any atom is 0.173 e. The molecule has 0 aromatic heterocycles. The molecule has 4 heteroatoms. The summed E-state index contributed by atoms with van der Waals surface area (Å²) >= 11 is 0. The average Bonchev–Trinajstić information content (AvgIpc) is 2.37.